The van der Waals surface area contributed by atoms with E-state index in [1.165, 1.54) is 0 Å². The highest BCUT2D eigenvalue weighted by Gasteiger charge is 2.08. The first-order chi connectivity index (χ1) is 6.44. The van der Waals surface area contributed by atoms with Crippen LogP contribution in [0.1, 0.15) is 6.92 Å². The van der Waals surface area contributed by atoms with Gasteiger partial charge in [-0.15, -0.1) is 0 Å². The zero-order chi connectivity index (χ0) is 10.8. The number of anilines is 2. The molecular formula is C8H11BrN2O2S. The van der Waals surface area contributed by atoms with Crippen LogP contribution in [0.4, 0.5) is 11.4 Å². The van der Waals surface area contributed by atoms with Gasteiger partial charge in [0.1, 0.15) is 0 Å². The van der Waals surface area contributed by atoms with Crippen molar-refractivity contribution in [2.45, 2.75) is 6.92 Å². The SMILES string of the molecule is CCS(=O)(=O)Nc1ccc(N)cc1Br. The molecule has 14 heavy (non-hydrogen) atoms. The molecule has 1 aromatic rings. The molecule has 0 unspecified atom stereocenters. The Kier molecular flexibility index (Phi) is 3.38. The average molecular weight is 279 g/mol. The monoisotopic (exact) mass is 278 g/mol. The second-order valence-corrected chi connectivity index (χ2v) is 5.61. The fourth-order valence-corrected chi connectivity index (χ4v) is 2.14. The van der Waals surface area contributed by atoms with E-state index in [9.17, 15) is 8.42 Å². The fraction of sp³-hybridized carbons (Fsp3) is 0.250. The Morgan fingerprint density at radius 2 is 2.14 bits per heavy atom. The van der Waals surface area contributed by atoms with Crippen LogP contribution in [-0.2, 0) is 10.0 Å². The normalized spacial score (nSPS) is 11.3. The molecule has 0 saturated heterocycles. The fourth-order valence-electron chi connectivity index (χ4n) is 0.854. The molecule has 0 amide bonds. The number of rotatable bonds is 3. The maximum absolute atomic E-state index is 11.2. The lowest BCUT2D eigenvalue weighted by atomic mass is 10.3. The maximum Gasteiger partial charge on any atom is 0.232 e. The molecule has 0 saturated carbocycles. The van der Waals surface area contributed by atoms with E-state index < -0.39 is 10.0 Å². The van der Waals surface area contributed by atoms with Crippen LogP contribution in [0.25, 0.3) is 0 Å². The number of halogens is 1. The smallest absolute Gasteiger partial charge is 0.232 e. The summed E-state index contributed by atoms with van der Waals surface area (Å²) in [6, 6.07) is 4.90. The molecule has 0 heterocycles. The largest absolute Gasteiger partial charge is 0.399 e. The molecule has 0 radical (unpaired) electrons. The van der Waals surface area contributed by atoms with Gasteiger partial charge in [-0.25, -0.2) is 8.42 Å². The quantitative estimate of drug-likeness (QED) is 0.828. The van der Waals surface area contributed by atoms with Crippen molar-refractivity contribution in [3.63, 3.8) is 0 Å². The lowest BCUT2D eigenvalue weighted by Gasteiger charge is -2.08. The van der Waals surface area contributed by atoms with Crippen LogP contribution in [0.15, 0.2) is 22.7 Å². The summed E-state index contributed by atoms with van der Waals surface area (Å²) in [6.07, 6.45) is 0. The molecule has 0 aliphatic rings. The van der Waals surface area contributed by atoms with Gasteiger partial charge < -0.3 is 5.73 Å². The van der Waals surface area contributed by atoms with Gasteiger partial charge in [0.2, 0.25) is 10.0 Å². The molecule has 3 N–H and O–H groups in total. The minimum atomic E-state index is -3.23. The van der Waals surface area contributed by atoms with Crippen LogP contribution in [0.5, 0.6) is 0 Å². The third kappa shape index (κ3) is 2.88. The Labute approximate surface area is 91.7 Å². The minimum absolute atomic E-state index is 0.0455. The Balaban J connectivity index is 2.99. The van der Waals surface area contributed by atoms with Gasteiger partial charge >= 0.3 is 0 Å². The molecule has 0 spiro atoms. The van der Waals surface area contributed by atoms with Gasteiger partial charge in [-0.3, -0.25) is 4.72 Å². The van der Waals surface area contributed by atoms with Gasteiger partial charge in [0.05, 0.1) is 11.4 Å². The van der Waals surface area contributed by atoms with Gasteiger partial charge in [-0.2, -0.15) is 0 Å². The Hall–Kier alpha value is -0.750. The van der Waals surface area contributed by atoms with E-state index >= 15 is 0 Å². The van der Waals surface area contributed by atoms with Gasteiger partial charge in [-0.05, 0) is 41.1 Å². The van der Waals surface area contributed by atoms with Crippen molar-refractivity contribution in [2.75, 3.05) is 16.2 Å². The number of nitrogens with two attached hydrogens (primary N) is 1. The lowest BCUT2D eigenvalue weighted by Crippen LogP contribution is -2.14. The Bertz CT molecular complexity index is 431. The van der Waals surface area contributed by atoms with E-state index in [2.05, 4.69) is 20.7 Å². The first kappa shape index (κ1) is 11.3. The molecule has 1 rings (SSSR count). The van der Waals surface area contributed by atoms with E-state index in [1.54, 1.807) is 25.1 Å². The number of nitrogens with one attached hydrogen (secondary N) is 1. The van der Waals surface area contributed by atoms with Crippen molar-refractivity contribution in [1.82, 2.24) is 0 Å². The third-order valence-corrected chi connectivity index (χ3v) is 3.59. The number of hydrogen-bond acceptors (Lipinski definition) is 3. The molecule has 6 heteroatoms. The highest BCUT2D eigenvalue weighted by atomic mass is 79.9. The van der Waals surface area contributed by atoms with Crippen LogP contribution in [0.2, 0.25) is 0 Å². The van der Waals surface area contributed by atoms with E-state index in [4.69, 9.17) is 5.73 Å². The van der Waals surface area contributed by atoms with Gasteiger partial charge in [0.25, 0.3) is 0 Å². The number of benzene rings is 1. The Morgan fingerprint density at radius 3 is 2.64 bits per heavy atom. The molecule has 0 atom stereocenters. The van der Waals surface area contributed by atoms with E-state index in [1.807, 2.05) is 0 Å². The summed E-state index contributed by atoms with van der Waals surface area (Å²) in [6.45, 7) is 1.58. The standard InChI is InChI=1S/C8H11BrN2O2S/c1-2-14(12,13)11-8-4-3-6(10)5-7(8)9/h3-5,11H,2,10H2,1H3. The second-order valence-electron chi connectivity index (χ2n) is 2.74. The summed E-state index contributed by atoms with van der Waals surface area (Å²) < 4.78 is 25.6. The number of hydrogen-bond donors (Lipinski definition) is 2. The highest BCUT2D eigenvalue weighted by Crippen LogP contribution is 2.25. The molecule has 0 aliphatic heterocycles. The van der Waals surface area contributed by atoms with Crippen molar-refractivity contribution in [1.29, 1.82) is 0 Å². The van der Waals surface area contributed by atoms with Crippen molar-refractivity contribution in [3.05, 3.63) is 22.7 Å². The van der Waals surface area contributed by atoms with Crippen molar-refractivity contribution < 1.29 is 8.42 Å². The highest BCUT2D eigenvalue weighted by molar-refractivity contribution is 9.10. The van der Waals surface area contributed by atoms with E-state index in [0.29, 0.717) is 15.8 Å². The van der Waals surface area contributed by atoms with Crippen molar-refractivity contribution >= 4 is 37.3 Å². The van der Waals surface area contributed by atoms with Crippen LogP contribution in [0.3, 0.4) is 0 Å². The molecular weight excluding hydrogens is 268 g/mol. The predicted octanol–water partition coefficient (Wildman–Crippen LogP) is 1.79. The van der Waals surface area contributed by atoms with Gasteiger partial charge in [0.15, 0.2) is 0 Å². The predicted molar refractivity (Wildman–Crippen MR) is 61.6 cm³/mol. The molecule has 0 aromatic heterocycles. The average Bonchev–Trinajstić information content (AvgIpc) is 2.10. The summed E-state index contributed by atoms with van der Waals surface area (Å²) in [5.41, 5.74) is 6.60. The van der Waals surface area contributed by atoms with E-state index in [0.717, 1.165) is 0 Å². The topological polar surface area (TPSA) is 72.2 Å². The molecule has 0 fully saturated rings. The summed E-state index contributed by atoms with van der Waals surface area (Å²) in [7, 11) is -3.23. The molecule has 0 bridgehead atoms. The van der Waals surface area contributed by atoms with Crippen molar-refractivity contribution in [2.24, 2.45) is 0 Å². The summed E-state index contributed by atoms with van der Waals surface area (Å²) in [5, 5.41) is 0. The maximum atomic E-state index is 11.2. The zero-order valence-corrected chi connectivity index (χ0v) is 10.0. The first-order valence-electron chi connectivity index (χ1n) is 4.00. The van der Waals surface area contributed by atoms with Gasteiger partial charge in [0, 0.05) is 10.2 Å². The number of nitrogen functional groups attached to an aromatic ring is 1. The van der Waals surface area contributed by atoms with Crippen molar-refractivity contribution in [3.8, 4) is 0 Å². The van der Waals surface area contributed by atoms with Crippen LogP contribution >= 0.6 is 15.9 Å². The first-order valence-corrected chi connectivity index (χ1v) is 6.44. The summed E-state index contributed by atoms with van der Waals surface area (Å²) in [4.78, 5) is 0. The minimum Gasteiger partial charge on any atom is -0.399 e. The molecule has 4 nitrogen and oxygen atoms in total. The van der Waals surface area contributed by atoms with Crippen LogP contribution in [0, 0.1) is 0 Å². The number of sulfonamides is 1. The lowest BCUT2D eigenvalue weighted by molar-refractivity contribution is 0.602. The molecule has 78 valence electrons. The summed E-state index contributed by atoms with van der Waals surface area (Å²) in [5.74, 6) is 0.0455. The third-order valence-electron chi connectivity index (χ3n) is 1.64. The zero-order valence-electron chi connectivity index (χ0n) is 7.62. The van der Waals surface area contributed by atoms with Crippen LogP contribution in [-0.4, -0.2) is 14.2 Å². The summed E-state index contributed by atoms with van der Waals surface area (Å²) >= 11 is 3.22. The molecule has 0 aliphatic carbocycles. The second kappa shape index (κ2) is 4.18. The van der Waals surface area contributed by atoms with E-state index in [-0.39, 0.29) is 5.75 Å². The van der Waals surface area contributed by atoms with Gasteiger partial charge in [-0.1, -0.05) is 0 Å². The Morgan fingerprint density at radius 1 is 1.50 bits per heavy atom. The molecule has 1 aromatic carbocycles. The van der Waals surface area contributed by atoms with Crippen LogP contribution < -0.4 is 10.5 Å².